The second-order valence-electron chi connectivity index (χ2n) is 6.89. The zero-order chi connectivity index (χ0) is 21.7. The Bertz CT molecular complexity index is 1160. The number of aryl methyl sites for hydroxylation is 1. The summed E-state index contributed by atoms with van der Waals surface area (Å²) in [5.74, 6) is 2.21. The van der Waals surface area contributed by atoms with E-state index >= 15 is 0 Å². The minimum atomic E-state index is -0.502. The summed E-state index contributed by atoms with van der Waals surface area (Å²) in [6, 6.07) is 6.77. The van der Waals surface area contributed by atoms with Crippen molar-refractivity contribution in [1.82, 2.24) is 14.9 Å². The fourth-order valence-electron chi connectivity index (χ4n) is 3.19. The number of H-pyrrole nitrogens is 1. The van der Waals surface area contributed by atoms with E-state index in [1.807, 2.05) is 19.1 Å². The number of ether oxygens (including phenoxy) is 2. The molecule has 2 aromatic heterocycles. The summed E-state index contributed by atoms with van der Waals surface area (Å²) in [4.78, 5) is 39.8. The first-order chi connectivity index (χ1) is 14.4. The first-order valence-electron chi connectivity index (χ1n) is 9.63. The molecule has 0 saturated carbocycles. The molecule has 0 aliphatic heterocycles. The van der Waals surface area contributed by atoms with Crippen LogP contribution in [0.5, 0.6) is 11.5 Å². The fourth-order valence-corrected chi connectivity index (χ4v) is 3.19. The van der Waals surface area contributed by atoms with Gasteiger partial charge in [0.1, 0.15) is 11.5 Å². The smallest absolute Gasteiger partial charge is 0.328 e. The van der Waals surface area contributed by atoms with Gasteiger partial charge in [0.25, 0.3) is 5.56 Å². The number of methoxy groups -OCH3 is 2. The molecule has 160 valence electrons. The Balaban J connectivity index is 1.61. The van der Waals surface area contributed by atoms with Gasteiger partial charge in [0.2, 0.25) is 5.91 Å². The molecule has 0 radical (unpaired) electrons. The van der Waals surface area contributed by atoms with Crippen LogP contribution in [-0.2, 0) is 17.9 Å². The van der Waals surface area contributed by atoms with Crippen molar-refractivity contribution in [2.75, 3.05) is 14.2 Å². The highest BCUT2D eigenvalue weighted by Crippen LogP contribution is 2.29. The first kappa shape index (κ1) is 21.2. The maximum absolute atomic E-state index is 12.8. The number of nitrogens with zero attached hydrogens (tertiary/aromatic N) is 1. The average Bonchev–Trinajstić information content (AvgIpc) is 3.15. The van der Waals surface area contributed by atoms with Crippen LogP contribution >= 0.6 is 0 Å². The van der Waals surface area contributed by atoms with Crippen LogP contribution in [0.2, 0.25) is 0 Å². The number of hydrogen-bond acceptors (Lipinski definition) is 6. The van der Waals surface area contributed by atoms with Gasteiger partial charge in [0.05, 0.1) is 31.7 Å². The van der Waals surface area contributed by atoms with Gasteiger partial charge in [0.15, 0.2) is 11.5 Å². The lowest BCUT2D eigenvalue weighted by atomic mass is 10.2. The van der Waals surface area contributed by atoms with Crippen LogP contribution in [0.25, 0.3) is 10.9 Å². The minimum Gasteiger partial charge on any atom is -0.493 e. The van der Waals surface area contributed by atoms with Gasteiger partial charge in [-0.15, -0.1) is 0 Å². The second kappa shape index (κ2) is 9.34. The highest BCUT2D eigenvalue weighted by atomic mass is 16.5. The van der Waals surface area contributed by atoms with Gasteiger partial charge in [0, 0.05) is 19.0 Å². The number of benzene rings is 1. The normalized spacial score (nSPS) is 10.9. The van der Waals surface area contributed by atoms with Gasteiger partial charge in [-0.1, -0.05) is 0 Å². The van der Waals surface area contributed by atoms with Crippen molar-refractivity contribution in [2.24, 2.45) is 0 Å². The van der Waals surface area contributed by atoms with Crippen LogP contribution in [0, 0.1) is 6.92 Å². The highest BCUT2D eigenvalue weighted by molar-refractivity contribution is 5.81. The number of aromatic nitrogens is 2. The van der Waals surface area contributed by atoms with E-state index in [9.17, 15) is 14.4 Å². The Morgan fingerprint density at radius 1 is 1.13 bits per heavy atom. The van der Waals surface area contributed by atoms with Crippen molar-refractivity contribution < 1.29 is 18.7 Å². The molecule has 2 heterocycles. The number of unbranched alkanes of at least 4 members (excludes halogenated alkanes) is 1. The number of amides is 1. The molecule has 0 fully saturated rings. The van der Waals surface area contributed by atoms with Gasteiger partial charge in [-0.25, -0.2) is 4.79 Å². The highest BCUT2D eigenvalue weighted by Gasteiger charge is 2.13. The van der Waals surface area contributed by atoms with Crippen molar-refractivity contribution in [2.45, 2.75) is 39.3 Å². The third-order valence-electron chi connectivity index (χ3n) is 4.78. The van der Waals surface area contributed by atoms with Gasteiger partial charge >= 0.3 is 5.69 Å². The van der Waals surface area contributed by atoms with E-state index in [2.05, 4.69) is 10.3 Å². The van der Waals surface area contributed by atoms with Crippen molar-refractivity contribution in [3.05, 3.63) is 56.6 Å². The lowest BCUT2D eigenvalue weighted by Gasteiger charge is -2.10. The maximum Gasteiger partial charge on any atom is 0.328 e. The molecule has 0 aliphatic carbocycles. The third-order valence-corrected chi connectivity index (χ3v) is 4.78. The quantitative estimate of drug-likeness (QED) is 0.517. The van der Waals surface area contributed by atoms with Crippen molar-refractivity contribution in [3.63, 3.8) is 0 Å². The van der Waals surface area contributed by atoms with Crippen molar-refractivity contribution in [3.8, 4) is 11.5 Å². The molecule has 9 nitrogen and oxygen atoms in total. The summed E-state index contributed by atoms with van der Waals surface area (Å²) < 4.78 is 17.0. The van der Waals surface area contributed by atoms with Crippen LogP contribution in [0.15, 0.2) is 38.3 Å². The third kappa shape index (κ3) is 4.73. The van der Waals surface area contributed by atoms with E-state index < -0.39 is 11.2 Å². The number of carbonyl (C=O) groups is 1. The molecule has 1 aromatic carbocycles. The van der Waals surface area contributed by atoms with Gasteiger partial charge in [-0.05, 0) is 38.0 Å². The molecular formula is C21H25N3O6. The van der Waals surface area contributed by atoms with Crippen molar-refractivity contribution >= 4 is 16.8 Å². The lowest BCUT2D eigenvalue weighted by molar-refractivity contribution is -0.121. The van der Waals surface area contributed by atoms with Crippen molar-refractivity contribution in [1.29, 1.82) is 0 Å². The predicted octanol–water partition coefficient (Wildman–Crippen LogP) is 2.10. The lowest BCUT2D eigenvalue weighted by Crippen LogP contribution is -2.35. The zero-order valence-corrected chi connectivity index (χ0v) is 17.2. The number of carbonyl (C=O) groups excluding carboxylic acids is 1. The Hall–Kier alpha value is -3.49. The van der Waals surface area contributed by atoms with Gasteiger partial charge in [-0.3, -0.25) is 14.2 Å². The molecule has 30 heavy (non-hydrogen) atoms. The van der Waals surface area contributed by atoms with Crippen LogP contribution < -0.4 is 26.0 Å². The summed E-state index contributed by atoms with van der Waals surface area (Å²) in [5.41, 5.74) is -0.531. The summed E-state index contributed by atoms with van der Waals surface area (Å²) in [5, 5.41) is 3.12. The Kier molecular flexibility index (Phi) is 6.61. The Morgan fingerprint density at radius 3 is 2.53 bits per heavy atom. The van der Waals surface area contributed by atoms with Gasteiger partial charge < -0.3 is 24.2 Å². The number of nitrogens with one attached hydrogen (secondary N) is 2. The van der Waals surface area contributed by atoms with Gasteiger partial charge in [-0.2, -0.15) is 0 Å². The molecule has 9 heteroatoms. The summed E-state index contributed by atoms with van der Waals surface area (Å²) >= 11 is 0. The van der Waals surface area contributed by atoms with E-state index in [0.717, 1.165) is 10.3 Å². The molecule has 1 amide bonds. The van der Waals surface area contributed by atoms with Crippen LogP contribution in [0.3, 0.4) is 0 Å². The first-order valence-corrected chi connectivity index (χ1v) is 9.63. The van der Waals surface area contributed by atoms with E-state index in [4.69, 9.17) is 13.9 Å². The monoisotopic (exact) mass is 415 g/mol. The number of furan rings is 1. The van der Waals surface area contributed by atoms with E-state index in [1.54, 1.807) is 12.1 Å². The molecule has 0 unspecified atom stereocenters. The second-order valence-corrected chi connectivity index (χ2v) is 6.89. The SMILES string of the molecule is COc1cc2[nH]c(=O)n(CCCCC(=O)NCc3ccc(C)o3)c(=O)c2cc1OC. The van der Waals surface area contributed by atoms with Crippen LogP contribution in [0.1, 0.15) is 30.8 Å². The number of aromatic amines is 1. The largest absolute Gasteiger partial charge is 0.493 e. The maximum atomic E-state index is 12.8. The molecular weight excluding hydrogens is 390 g/mol. The predicted molar refractivity (Wildman–Crippen MR) is 111 cm³/mol. The van der Waals surface area contributed by atoms with E-state index in [0.29, 0.717) is 54.0 Å². The minimum absolute atomic E-state index is 0.111. The number of rotatable bonds is 9. The summed E-state index contributed by atoms with van der Waals surface area (Å²) in [6.45, 7) is 2.39. The molecule has 0 bridgehead atoms. The molecule has 0 saturated heterocycles. The molecule has 0 atom stereocenters. The fraction of sp³-hybridized carbons (Fsp3) is 0.381. The molecule has 3 rings (SSSR count). The molecule has 0 spiro atoms. The summed E-state index contributed by atoms with van der Waals surface area (Å²) in [6.07, 6.45) is 1.35. The molecule has 3 aromatic rings. The Labute approximate surface area is 172 Å². The number of hydrogen-bond donors (Lipinski definition) is 2. The molecule has 0 aliphatic rings. The van der Waals surface area contributed by atoms with Crippen LogP contribution in [-0.4, -0.2) is 29.7 Å². The van der Waals surface area contributed by atoms with E-state index in [1.165, 1.54) is 14.2 Å². The standard InChI is InChI=1S/C21H25N3O6/c1-13-7-8-14(30-13)12-22-19(25)6-4-5-9-24-20(26)15-10-17(28-2)18(29-3)11-16(15)23-21(24)27/h7-8,10-11H,4-6,9,12H2,1-3H3,(H,22,25)(H,23,27). The summed E-state index contributed by atoms with van der Waals surface area (Å²) in [7, 11) is 2.96. The topological polar surface area (TPSA) is 116 Å². The molecule has 2 N–H and O–H groups in total. The Morgan fingerprint density at radius 2 is 1.87 bits per heavy atom. The number of fused-ring (bicyclic) bond motifs is 1. The van der Waals surface area contributed by atoms with Crippen LogP contribution in [0.4, 0.5) is 0 Å². The van der Waals surface area contributed by atoms with E-state index in [-0.39, 0.29) is 12.5 Å². The average molecular weight is 415 g/mol. The zero-order valence-electron chi connectivity index (χ0n) is 17.2.